The van der Waals surface area contributed by atoms with Crippen molar-refractivity contribution in [1.29, 1.82) is 0 Å². The lowest BCUT2D eigenvalue weighted by Gasteiger charge is -2.15. The Kier molecular flexibility index (Phi) is 4.94. The molecule has 5 heteroatoms. The molecule has 0 spiro atoms. The van der Waals surface area contributed by atoms with E-state index in [0.29, 0.717) is 10.8 Å². The molecule has 5 rings (SSSR count). The molecule has 150 valence electrons. The van der Waals surface area contributed by atoms with Crippen LogP contribution in [-0.4, -0.2) is 15.6 Å². The molecule has 31 heavy (non-hydrogen) atoms. The number of benzene rings is 3. The van der Waals surface area contributed by atoms with Crippen LogP contribution in [0.2, 0.25) is 0 Å². The van der Waals surface area contributed by atoms with E-state index in [9.17, 15) is 4.79 Å². The Hall–Kier alpha value is -3.96. The lowest BCUT2D eigenvalue weighted by molar-refractivity contribution is -0.115. The van der Waals surface area contributed by atoms with Gasteiger partial charge in [-0.15, -0.1) is 0 Å². The molecule has 4 aromatic rings. The van der Waals surface area contributed by atoms with Crippen molar-refractivity contribution in [1.82, 2.24) is 15.2 Å². The van der Waals surface area contributed by atoms with Crippen LogP contribution < -0.4 is 10.6 Å². The van der Waals surface area contributed by atoms with Crippen LogP contribution in [-0.2, 0) is 4.79 Å². The predicted molar refractivity (Wildman–Crippen MR) is 128 cm³/mol. The number of rotatable bonds is 4. The van der Waals surface area contributed by atoms with Gasteiger partial charge in [0.25, 0.3) is 5.91 Å². The molecule has 4 nitrogen and oxygen atoms in total. The van der Waals surface area contributed by atoms with Crippen LogP contribution in [0.3, 0.4) is 0 Å². The molecule has 0 atom stereocenters. The van der Waals surface area contributed by atoms with Crippen molar-refractivity contribution >= 4 is 29.3 Å². The monoisotopic (exact) mass is 421 g/mol. The minimum absolute atomic E-state index is 0.224. The van der Waals surface area contributed by atoms with Crippen LogP contribution in [0.15, 0.2) is 103 Å². The first kappa shape index (κ1) is 19.0. The molecular weight excluding hydrogens is 402 g/mol. The molecule has 0 saturated carbocycles. The molecule has 3 aromatic carbocycles. The highest BCUT2D eigenvalue weighted by molar-refractivity contribution is 7.80. The van der Waals surface area contributed by atoms with Gasteiger partial charge in [-0.05, 0) is 47.6 Å². The van der Waals surface area contributed by atoms with Crippen molar-refractivity contribution in [3.8, 4) is 28.2 Å². The Morgan fingerprint density at radius 3 is 1.90 bits per heavy atom. The van der Waals surface area contributed by atoms with Gasteiger partial charge < -0.3 is 9.88 Å². The number of nitrogens with zero attached hydrogens (tertiary/aromatic N) is 1. The Balaban J connectivity index is 1.83. The van der Waals surface area contributed by atoms with E-state index in [1.165, 1.54) is 0 Å². The van der Waals surface area contributed by atoms with Crippen LogP contribution >= 0.6 is 12.2 Å². The van der Waals surface area contributed by atoms with Crippen LogP contribution in [0.5, 0.6) is 0 Å². The summed E-state index contributed by atoms with van der Waals surface area (Å²) < 4.78 is 2.24. The van der Waals surface area contributed by atoms with Gasteiger partial charge in [-0.3, -0.25) is 10.1 Å². The minimum Gasteiger partial charge on any atom is -0.328 e. The van der Waals surface area contributed by atoms with Crippen molar-refractivity contribution in [3.05, 3.63) is 108 Å². The number of thiocarbonyl (C=S) groups is 1. The second kappa shape index (κ2) is 8.05. The first-order valence-corrected chi connectivity index (χ1v) is 10.4. The molecule has 1 aromatic heterocycles. The van der Waals surface area contributed by atoms with Gasteiger partial charge in [0.05, 0.1) is 11.4 Å². The fourth-order valence-electron chi connectivity index (χ4n) is 3.84. The second-order valence-corrected chi connectivity index (χ2v) is 7.61. The lowest BCUT2D eigenvalue weighted by Crippen LogP contribution is -2.21. The summed E-state index contributed by atoms with van der Waals surface area (Å²) in [6.07, 6.45) is 1.86. The molecule has 0 radical (unpaired) electrons. The van der Waals surface area contributed by atoms with Gasteiger partial charge in [0.2, 0.25) is 0 Å². The number of aromatic nitrogens is 1. The topological polar surface area (TPSA) is 46.1 Å². The van der Waals surface area contributed by atoms with Crippen molar-refractivity contribution in [3.63, 3.8) is 0 Å². The average molecular weight is 422 g/mol. The summed E-state index contributed by atoms with van der Waals surface area (Å²) in [5, 5.41) is 5.92. The van der Waals surface area contributed by atoms with E-state index in [2.05, 4.69) is 57.7 Å². The Bertz CT molecular complexity index is 1290. The smallest absolute Gasteiger partial charge is 0.273 e. The predicted octanol–water partition coefficient (Wildman–Crippen LogP) is 5.16. The minimum atomic E-state index is -0.224. The van der Waals surface area contributed by atoms with Crippen LogP contribution in [0, 0.1) is 0 Å². The lowest BCUT2D eigenvalue weighted by atomic mass is 10.1. The van der Waals surface area contributed by atoms with Crippen LogP contribution in [0.4, 0.5) is 0 Å². The second-order valence-electron chi connectivity index (χ2n) is 7.20. The maximum atomic E-state index is 12.3. The number of carbonyl (C=O) groups is 1. The molecule has 0 bridgehead atoms. The zero-order chi connectivity index (χ0) is 21.2. The number of hydrogen-bond donors (Lipinski definition) is 2. The summed E-state index contributed by atoms with van der Waals surface area (Å²) in [5.74, 6) is -0.224. The molecule has 1 aliphatic heterocycles. The molecule has 1 saturated heterocycles. The van der Waals surface area contributed by atoms with Crippen molar-refractivity contribution in [2.45, 2.75) is 0 Å². The van der Waals surface area contributed by atoms with Crippen LogP contribution in [0.1, 0.15) is 5.56 Å². The Morgan fingerprint density at radius 2 is 1.32 bits per heavy atom. The van der Waals surface area contributed by atoms with Crippen molar-refractivity contribution in [2.75, 3.05) is 0 Å². The summed E-state index contributed by atoms with van der Waals surface area (Å²) in [5.41, 5.74) is 6.60. The number of nitrogens with one attached hydrogen (secondary N) is 2. The quantitative estimate of drug-likeness (QED) is 0.354. The van der Waals surface area contributed by atoms with E-state index in [1.54, 1.807) is 0 Å². The molecule has 1 amide bonds. The maximum Gasteiger partial charge on any atom is 0.273 e. The van der Waals surface area contributed by atoms with E-state index >= 15 is 0 Å². The van der Waals surface area contributed by atoms with Gasteiger partial charge in [-0.1, -0.05) is 78.9 Å². The standard InChI is InChI=1S/C26H19N3OS/c30-25-22(27-26(31)28-25)16-20-17-23(18-10-4-1-5-11-18)29(21-14-8-3-9-15-21)24(20)19-12-6-2-7-13-19/h1-17H,(H2,27,28,30,31)/b22-16-. The largest absolute Gasteiger partial charge is 0.328 e. The van der Waals surface area contributed by atoms with Gasteiger partial charge in [0.1, 0.15) is 5.70 Å². The van der Waals surface area contributed by atoms with E-state index in [-0.39, 0.29) is 5.91 Å². The van der Waals surface area contributed by atoms with E-state index in [0.717, 1.165) is 33.8 Å². The highest BCUT2D eigenvalue weighted by Crippen LogP contribution is 2.37. The van der Waals surface area contributed by atoms with Gasteiger partial charge in [-0.25, -0.2) is 0 Å². The summed E-state index contributed by atoms with van der Waals surface area (Å²) in [6.45, 7) is 0. The summed E-state index contributed by atoms with van der Waals surface area (Å²) in [7, 11) is 0. The number of carbonyl (C=O) groups excluding carboxylic acids is 1. The van der Waals surface area contributed by atoms with Crippen LogP contribution in [0.25, 0.3) is 34.3 Å². The maximum absolute atomic E-state index is 12.3. The fraction of sp³-hybridized carbons (Fsp3) is 0. The van der Waals surface area contributed by atoms with Crippen molar-refractivity contribution < 1.29 is 4.79 Å². The SMILES string of the molecule is O=C1NC(=S)N/C1=C\c1cc(-c2ccccc2)n(-c2ccccc2)c1-c1ccccc1. The highest BCUT2D eigenvalue weighted by Gasteiger charge is 2.23. The fourth-order valence-corrected chi connectivity index (χ4v) is 4.04. The van der Waals surface area contributed by atoms with Gasteiger partial charge in [0.15, 0.2) is 5.11 Å². The molecule has 1 aliphatic rings. The molecular formula is C26H19N3OS. The van der Waals surface area contributed by atoms with E-state index in [4.69, 9.17) is 12.2 Å². The number of hydrogen-bond acceptors (Lipinski definition) is 2. The zero-order valence-corrected chi connectivity index (χ0v) is 17.4. The number of amides is 1. The first-order valence-electron chi connectivity index (χ1n) is 9.97. The zero-order valence-electron chi connectivity index (χ0n) is 16.6. The highest BCUT2D eigenvalue weighted by atomic mass is 32.1. The van der Waals surface area contributed by atoms with Gasteiger partial charge in [0, 0.05) is 11.3 Å². The molecule has 0 unspecified atom stereocenters. The van der Waals surface area contributed by atoms with Gasteiger partial charge in [-0.2, -0.15) is 0 Å². The molecule has 0 aliphatic carbocycles. The average Bonchev–Trinajstić information content (AvgIpc) is 3.35. The summed E-state index contributed by atoms with van der Waals surface area (Å²) in [4.78, 5) is 12.3. The first-order chi connectivity index (χ1) is 15.2. The third-order valence-electron chi connectivity index (χ3n) is 5.18. The van der Waals surface area contributed by atoms with E-state index < -0.39 is 0 Å². The Labute approximate surface area is 185 Å². The number of para-hydroxylation sites is 1. The van der Waals surface area contributed by atoms with Gasteiger partial charge >= 0.3 is 0 Å². The van der Waals surface area contributed by atoms with Crippen molar-refractivity contribution in [2.24, 2.45) is 0 Å². The van der Waals surface area contributed by atoms with E-state index in [1.807, 2.05) is 60.7 Å². The third-order valence-corrected chi connectivity index (χ3v) is 5.39. The normalized spacial score (nSPS) is 14.5. The molecule has 2 N–H and O–H groups in total. The molecule has 2 heterocycles. The molecule has 1 fully saturated rings. The summed E-state index contributed by atoms with van der Waals surface area (Å²) >= 11 is 5.11. The summed E-state index contributed by atoms with van der Waals surface area (Å²) in [6, 6.07) is 32.8. The Morgan fingerprint density at radius 1 is 0.742 bits per heavy atom. The third kappa shape index (κ3) is 3.67.